The summed E-state index contributed by atoms with van der Waals surface area (Å²) >= 11 is 1.64. The van der Waals surface area contributed by atoms with E-state index in [1.165, 1.54) is 13.5 Å². The Bertz CT molecular complexity index is 199. The van der Waals surface area contributed by atoms with Gasteiger partial charge in [0.05, 0.1) is 12.9 Å². The average Bonchev–Trinajstić information content (AvgIpc) is 2.19. The van der Waals surface area contributed by atoms with Crippen LogP contribution in [0, 0.1) is 5.92 Å². The molecular weight excluding hydrogens is 198 g/mol. The Morgan fingerprint density at radius 3 is 2.93 bits per heavy atom. The van der Waals surface area contributed by atoms with Crippen molar-refractivity contribution in [2.45, 2.75) is 37.5 Å². The summed E-state index contributed by atoms with van der Waals surface area (Å²) in [5.74, 6) is 1.02. The van der Waals surface area contributed by atoms with E-state index in [0.717, 1.165) is 18.8 Å². The van der Waals surface area contributed by atoms with Crippen molar-refractivity contribution in [3.05, 3.63) is 0 Å². The molecule has 2 N–H and O–H groups in total. The molecule has 3 nitrogen and oxygen atoms in total. The molecule has 1 rings (SSSR count). The number of hydrogen-bond acceptors (Lipinski definition) is 4. The van der Waals surface area contributed by atoms with Crippen LogP contribution in [0.4, 0.5) is 0 Å². The van der Waals surface area contributed by atoms with Gasteiger partial charge in [-0.05, 0) is 25.2 Å². The number of thioether (sulfide) groups is 1. The first kappa shape index (κ1) is 11.9. The zero-order chi connectivity index (χ0) is 10.6. The van der Waals surface area contributed by atoms with Crippen molar-refractivity contribution in [2.24, 2.45) is 11.7 Å². The highest BCUT2D eigenvalue weighted by Gasteiger charge is 2.26. The fraction of sp³-hybridized carbons (Fsp3) is 0.900. The summed E-state index contributed by atoms with van der Waals surface area (Å²) < 4.78 is 4.60. The lowest BCUT2D eigenvalue weighted by molar-refractivity contribution is -0.137. The zero-order valence-corrected chi connectivity index (χ0v) is 9.68. The van der Waals surface area contributed by atoms with E-state index in [4.69, 9.17) is 5.73 Å². The van der Waals surface area contributed by atoms with Crippen LogP contribution in [-0.4, -0.2) is 30.1 Å². The van der Waals surface area contributed by atoms with Crippen LogP contribution in [0.3, 0.4) is 0 Å². The standard InChI is InChI=1S/C10H19NO2S/c1-7-3-4-8(11)9(5-7)14-6-10(12)13-2/h7-9H,3-6,11H2,1-2H3. The molecular formula is C10H19NO2S. The molecule has 3 unspecified atom stereocenters. The second-order valence-corrected chi connectivity index (χ2v) is 5.24. The number of methoxy groups -OCH3 is 1. The van der Waals surface area contributed by atoms with Crippen molar-refractivity contribution in [1.82, 2.24) is 0 Å². The third kappa shape index (κ3) is 3.50. The smallest absolute Gasteiger partial charge is 0.315 e. The second-order valence-electron chi connectivity index (χ2n) is 4.01. The van der Waals surface area contributed by atoms with Gasteiger partial charge in [-0.3, -0.25) is 4.79 Å². The summed E-state index contributed by atoms with van der Waals surface area (Å²) in [5, 5.41) is 0.429. The third-order valence-electron chi connectivity index (χ3n) is 2.75. The van der Waals surface area contributed by atoms with Gasteiger partial charge < -0.3 is 10.5 Å². The molecule has 1 aliphatic carbocycles. The van der Waals surface area contributed by atoms with E-state index in [-0.39, 0.29) is 12.0 Å². The van der Waals surface area contributed by atoms with E-state index in [1.807, 2.05) is 0 Å². The van der Waals surface area contributed by atoms with Crippen molar-refractivity contribution in [3.8, 4) is 0 Å². The Kier molecular flexibility index (Phi) is 4.75. The van der Waals surface area contributed by atoms with Crippen LogP contribution in [-0.2, 0) is 9.53 Å². The normalized spacial score (nSPS) is 32.6. The molecule has 0 aromatic heterocycles. The maximum atomic E-state index is 11.0. The second kappa shape index (κ2) is 5.61. The van der Waals surface area contributed by atoms with Gasteiger partial charge in [-0.25, -0.2) is 0 Å². The molecule has 3 atom stereocenters. The van der Waals surface area contributed by atoms with Crippen molar-refractivity contribution < 1.29 is 9.53 Å². The lowest BCUT2D eigenvalue weighted by atomic mass is 9.87. The van der Waals surface area contributed by atoms with Crippen molar-refractivity contribution in [1.29, 1.82) is 0 Å². The molecule has 1 aliphatic rings. The van der Waals surface area contributed by atoms with Gasteiger partial charge in [-0.2, -0.15) is 0 Å². The van der Waals surface area contributed by atoms with Crippen LogP contribution in [0.15, 0.2) is 0 Å². The highest BCUT2D eigenvalue weighted by molar-refractivity contribution is 8.00. The maximum absolute atomic E-state index is 11.0. The Labute approximate surface area is 89.8 Å². The first-order valence-corrected chi connectivity index (χ1v) is 6.12. The van der Waals surface area contributed by atoms with Gasteiger partial charge in [0.15, 0.2) is 0 Å². The van der Waals surface area contributed by atoms with Crippen LogP contribution in [0.2, 0.25) is 0 Å². The van der Waals surface area contributed by atoms with E-state index >= 15 is 0 Å². The summed E-state index contributed by atoms with van der Waals surface area (Å²) in [6.45, 7) is 2.25. The van der Waals surface area contributed by atoms with E-state index < -0.39 is 0 Å². The number of esters is 1. The number of carbonyl (C=O) groups is 1. The molecule has 1 saturated carbocycles. The fourth-order valence-electron chi connectivity index (χ4n) is 1.78. The molecule has 0 heterocycles. The average molecular weight is 217 g/mol. The number of rotatable bonds is 3. The number of nitrogens with two attached hydrogens (primary N) is 1. The first-order valence-electron chi connectivity index (χ1n) is 5.07. The number of ether oxygens (including phenoxy) is 1. The van der Waals surface area contributed by atoms with E-state index in [9.17, 15) is 4.79 Å². The molecule has 0 aromatic rings. The summed E-state index contributed by atoms with van der Waals surface area (Å²) in [6, 6.07) is 0.251. The lowest BCUT2D eigenvalue weighted by Crippen LogP contribution is -2.38. The van der Waals surface area contributed by atoms with Crippen LogP contribution in [0.25, 0.3) is 0 Å². The van der Waals surface area contributed by atoms with Gasteiger partial charge >= 0.3 is 5.97 Å². The predicted molar refractivity (Wildman–Crippen MR) is 59.3 cm³/mol. The van der Waals surface area contributed by atoms with E-state index in [2.05, 4.69) is 11.7 Å². The van der Waals surface area contributed by atoms with Crippen LogP contribution >= 0.6 is 11.8 Å². The SMILES string of the molecule is COC(=O)CSC1CC(C)CCC1N. The molecule has 0 spiro atoms. The molecule has 0 saturated heterocycles. The molecule has 0 aliphatic heterocycles. The van der Waals surface area contributed by atoms with Crippen LogP contribution in [0.1, 0.15) is 26.2 Å². The maximum Gasteiger partial charge on any atom is 0.315 e. The molecule has 14 heavy (non-hydrogen) atoms. The van der Waals surface area contributed by atoms with Gasteiger partial charge in [0.1, 0.15) is 0 Å². The third-order valence-corrected chi connectivity index (χ3v) is 4.12. The summed E-state index contributed by atoms with van der Waals surface area (Å²) in [6.07, 6.45) is 3.43. The zero-order valence-electron chi connectivity index (χ0n) is 8.86. The molecule has 0 radical (unpaired) electrons. The highest BCUT2D eigenvalue weighted by Crippen LogP contribution is 2.31. The van der Waals surface area contributed by atoms with Crippen LogP contribution < -0.4 is 5.73 Å². The molecule has 0 bridgehead atoms. The van der Waals surface area contributed by atoms with Crippen molar-refractivity contribution >= 4 is 17.7 Å². The Balaban J connectivity index is 2.30. The van der Waals surface area contributed by atoms with Gasteiger partial charge in [0, 0.05) is 11.3 Å². The van der Waals surface area contributed by atoms with E-state index in [0.29, 0.717) is 11.0 Å². The molecule has 82 valence electrons. The monoisotopic (exact) mass is 217 g/mol. The van der Waals surface area contributed by atoms with Crippen molar-refractivity contribution in [3.63, 3.8) is 0 Å². The number of carbonyl (C=O) groups excluding carboxylic acids is 1. The molecule has 0 aromatic carbocycles. The summed E-state index contributed by atoms with van der Waals surface area (Å²) in [7, 11) is 1.42. The number of hydrogen-bond donors (Lipinski definition) is 1. The molecule has 1 fully saturated rings. The Morgan fingerprint density at radius 2 is 2.29 bits per heavy atom. The summed E-state index contributed by atoms with van der Waals surface area (Å²) in [5.41, 5.74) is 6.00. The van der Waals surface area contributed by atoms with Crippen LogP contribution in [0.5, 0.6) is 0 Å². The van der Waals surface area contributed by atoms with Gasteiger partial charge in [0.2, 0.25) is 0 Å². The summed E-state index contributed by atoms with van der Waals surface area (Å²) in [4.78, 5) is 11.0. The highest BCUT2D eigenvalue weighted by atomic mass is 32.2. The van der Waals surface area contributed by atoms with Gasteiger partial charge in [-0.1, -0.05) is 6.92 Å². The van der Waals surface area contributed by atoms with E-state index in [1.54, 1.807) is 11.8 Å². The molecule has 4 heteroatoms. The lowest BCUT2D eigenvalue weighted by Gasteiger charge is -2.31. The van der Waals surface area contributed by atoms with Gasteiger partial charge in [-0.15, -0.1) is 11.8 Å². The Hall–Kier alpha value is -0.220. The molecule has 0 amide bonds. The Morgan fingerprint density at radius 1 is 1.57 bits per heavy atom. The minimum Gasteiger partial charge on any atom is -0.468 e. The predicted octanol–water partition coefficient (Wildman–Crippen LogP) is 1.41. The van der Waals surface area contributed by atoms with Crippen molar-refractivity contribution in [2.75, 3.05) is 12.9 Å². The largest absolute Gasteiger partial charge is 0.468 e. The fourth-order valence-corrected chi connectivity index (χ4v) is 3.09. The quantitative estimate of drug-likeness (QED) is 0.726. The van der Waals surface area contributed by atoms with Gasteiger partial charge in [0.25, 0.3) is 0 Å². The topological polar surface area (TPSA) is 52.3 Å². The minimum atomic E-state index is -0.152. The first-order chi connectivity index (χ1) is 6.63. The minimum absolute atomic E-state index is 0.152.